The van der Waals surface area contributed by atoms with Gasteiger partial charge in [0, 0.05) is 25.7 Å². The summed E-state index contributed by atoms with van der Waals surface area (Å²) in [5.41, 5.74) is -0.163. The van der Waals surface area contributed by atoms with Crippen molar-refractivity contribution < 1.29 is 9.53 Å². The van der Waals surface area contributed by atoms with Crippen LogP contribution in [0.5, 0.6) is 0 Å². The molecule has 0 spiro atoms. The first kappa shape index (κ1) is 15.4. The van der Waals surface area contributed by atoms with Gasteiger partial charge in [-0.25, -0.2) is 0 Å². The Bertz CT molecular complexity index is 200. The van der Waals surface area contributed by atoms with Crippen molar-refractivity contribution in [1.29, 1.82) is 0 Å². The smallest absolute Gasteiger partial charge is 0.217 e. The summed E-state index contributed by atoms with van der Waals surface area (Å²) in [6, 6.07) is 0. The van der Waals surface area contributed by atoms with E-state index < -0.39 is 0 Å². The molecule has 0 unspecified atom stereocenters. The van der Waals surface area contributed by atoms with Crippen LogP contribution < -0.4 is 5.32 Å². The van der Waals surface area contributed by atoms with Crippen molar-refractivity contribution >= 4 is 5.91 Å². The number of hydrogen-bond donors (Lipinski definition) is 1. The summed E-state index contributed by atoms with van der Waals surface area (Å²) in [5.74, 6) is 0.768. The Kier molecular flexibility index (Phi) is 7.39. The van der Waals surface area contributed by atoms with E-state index in [2.05, 4.69) is 19.2 Å². The van der Waals surface area contributed by atoms with Crippen molar-refractivity contribution in [2.45, 2.75) is 59.4 Å². The molecular formula is C13H27NO2. The highest BCUT2D eigenvalue weighted by molar-refractivity contribution is 5.73. The maximum Gasteiger partial charge on any atom is 0.217 e. The van der Waals surface area contributed by atoms with Crippen LogP contribution in [-0.4, -0.2) is 24.7 Å². The van der Waals surface area contributed by atoms with Crippen molar-refractivity contribution in [3.8, 4) is 0 Å². The first-order valence-corrected chi connectivity index (χ1v) is 6.20. The van der Waals surface area contributed by atoms with Crippen molar-refractivity contribution in [3.05, 3.63) is 0 Å². The van der Waals surface area contributed by atoms with Gasteiger partial charge in [0.2, 0.25) is 5.91 Å². The van der Waals surface area contributed by atoms with E-state index in [0.717, 1.165) is 25.4 Å². The van der Waals surface area contributed by atoms with Gasteiger partial charge >= 0.3 is 0 Å². The first-order chi connectivity index (χ1) is 7.33. The Morgan fingerprint density at radius 1 is 1.31 bits per heavy atom. The van der Waals surface area contributed by atoms with Crippen molar-refractivity contribution in [2.24, 2.45) is 5.92 Å². The molecule has 3 heteroatoms. The molecule has 96 valence electrons. The van der Waals surface area contributed by atoms with Gasteiger partial charge in [-0.3, -0.25) is 4.79 Å². The molecule has 0 aromatic rings. The summed E-state index contributed by atoms with van der Waals surface area (Å²) in [5, 5.41) is 2.91. The summed E-state index contributed by atoms with van der Waals surface area (Å²) >= 11 is 0. The Balaban J connectivity index is 3.46. The monoisotopic (exact) mass is 229 g/mol. The number of hydrogen-bond acceptors (Lipinski definition) is 2. The lowest BCUT2D eigenvalue weighted by molar-refractivity contribution is -0.120. The zero-order valence-electron chi connectivity index (χ0n) is 11.4. The van der Waals surface area contributed by atoms with Crippen LogP contribution in [0.25, 0.3) is 0 Å². The van der Waals surface area contributed by atoms with E-state index in [1.54, 1.807) is 6.92 Å². The molecule has 3 nitrogen and oxygen atoms in total. The zero-order chi connectivity index (χ0) is 12.6. The lowest BCUT2D eigenvalue weighted by Gasteiger charge is -2.25. The average molecular weight is 229 g/mol. The summed E-state index contributed by atoms with van der Waals surface area (Å²) < 4.78 is 5.55. The summed E-state index contributed by atoms with van der Waals surface area (Å²) in [7, 11) is 0. The molecule has 0 aliphatic carbocycles. The molecular weight excluding hydrogens is 202 g/mol. The standard InChI is InChI=1S/C13H27NO2/c1-11(2)7-6-9-16-10-8-13(4,5)14-12(3)15/h11H,6-10H2,1-5H3,(H,14,15). The van der Waals surface area contributed by atoms with E-state index in [4.69, 9.17) is 4.74 Å². The summed E-state index contributed by atoms with van der Waals surface area (Å²) in [6.45, 7) is 11.6. The molecule has 0 rings (SSSR count). The van der Waals surface area contributed by atoms with Crippen LogP contribution in [0.3, 0.4) is 0 Å². The quantitative estimate of drug-likeness (QED) is 0.650. The van der Waals surface area contributed by atoms with Gasteiger partial charge in [-0.15, -0.1) is 0 Å². The Hall–Kier alpha value is -0.570. The maximum atomic E-state index is 10.9. The zero-order valence-corrected chi connectivity index (χ0v) is 11.4. The number of carbonyl (C=O) groups is 1. The molecule has 0 fully saturated rings. The molecule has 0 aliphatic heterocycles. The van der Waals surface area contributed by atoms with Crippen molar-refractivity contribution in [2.75, 3.05) is 13.2 Å². The fourth-order valence-electron chi connectivity index (χ4n) is 1.56. The van der Waals surface area contributed by atoms with Crippen molar-refractivity contribution in [1.82, 2.24) is 5.32 Å². The minimum Gasteiger partial charge on any atom is -0.381 e. The first-order valence-electron chi connectivity index (χ1n) is 6.20. The van der Waals surface area contributed by atoms with Crippen LogP contribution in [0.15, 0.2) is 0 Å². The number of ether oxygens (including phenoxy) is 1. The van der Waals surface area contributed by atoms with Crippen molar-refractivity contribution in [3.63, 3.8) is 0 Å². The fraction of sp³-hybridized carbons (Fsp3) is 0.923. The summed E-state index contributed by atoms with van der Waals surface area (Å²) in [4.78, 5) is 10.9. The van der Waals surface area contributed by atoms with Gasteiger partial charge in [-0.2, -0.15) is 0 Å². The second kappa shape index (κ2) is 7.66. The van der Waals surface area contributed by atoms with Crippen LogP contribution in [0.4, 0.5) is 0 Å². The Morgan fingerprint density at radius 3 is 2.44 bits per heavy atom. The highest BCUT2D eigenvalue weighted by Crippen LogP contribution is 2.09. The van der Waals surface area contributed by atoms with Gasteiger partial charge < -0.3 is 10.1 Å². The fourth-order valence-corrected chi connectivity index (χ4v) is 1.56. The minimum atomic E-state index is -0.163. The van der Waals surface area contributed by atoms with Gasteiger partial charge in [0.15, 0.2) is 0 Å². The molecule has 1 N–H and O–H groups in total. The topological polar surface area (TPSA) is 38.3 Å². The second-order valence-corrected chi connectivity index (χ2v) is 5.46. The van der Waals surface area contributed by atoms with E-state index in [1.807, 2.05) is 13.8 Å². The Morgan fingerprint density at radius 2 is 1.94 bits per heavy atom. The molecule has 0 atom stereocenters. The minimum absolute atomic E-state index is 0.0183. The van der Waals surface area contributed by atoms with E-state index >= 15 is 0 Å². The SMILES string of the molecule is CC(=O)NC(C)(C)CCOCCCC(C)C. The van der Waals surface area contributed by atoms with Gasteiger partial charge in [0.05, 0.1) is 0 Å². The largest absolute Gasteiger partial charge is 0.381 e. The third-order valence-corrected chi connectivity index (χ3v) is 2.46. The molecule has 0 saturated heterocycles. The average Bonchev–Trinajstić information content (AvgIpc) is 2.08. The van der Waals surface area contributed by atoms with Crippen LogP contribution in [0.2, 0.25) is 0 Å². The second-order valence-electron chi connectivity index (χ2n) is 5.46. The molecule has 0 saturated carbocycles. The third kappa shape index (κ3) is 9.97. The predicted octanol–water partition coefficient (Wildman–Crippen LogP) is 2.74. The molecule has 0 bridgehead atoms. The van der Waals surface area contributed by atoms with Gasteiger partial charge in [-0.05, 0) is 39.0 Å². The molecule has 0 aromatic heterocycles. The molecule has 0 aromatic carbocycles. The van der Waals surface area contributed by atoms with Crippen LogP contribution in [-0.2, 0) is 9.53 Å². The lowest BCUT2D eigenvalue weighted by atomic mass is 10.0. The third-order valence-electron chi connectivity index (χ3n) is 2.46. The van der Waals surface area contributed by atoms with Gasteiger partial charge in [0.25, 0.3) is 0 Å². The predicted molar refractivity (Wildman–Crippen MR) is 67.4 cm³/mol. The number of carbonyl (C=O) groups excluding carboxylic acids is 1. The van der Waals surface area contributed by atoms with Crippen LogP contribution in [0, 0.1) is 5.92 Å². The van der Waals surface area contributed by atoms with E-state index in [9.17, 15) is 4.79 Å². The van der Waals surface area contributed by atoms with Gasteiger partial charge in [-0.1, -0.05) is 13.8 Å². The Labute approximate surface area is 99.9 Å². The van der Waals surface area contributed by atoms with E-state index in [-0.39, 0.29) is 11.4 Å². The number of amides is 1. The van der Waals surface area contributed by atoms with Crippen LogP contribution in [0.1, 0.15) is 53.9 Å². The lowest BCUT2D eigenvalue weighted by Crippen LogP contribution is -2.43. The maximum absolute atomic E-state index is 10.9. The summed E-state index contributed by atoms with van der Waals surface area (Å²) in [6.07, 6.45) is 3.20. The van der Waals surface area contributed by atoms with Gasteiger partial charge in [0.1, 0.15) is 0 Å². The highest BCUT2D eigenvalue weighted by atomic mass is 16.5. The highest BCUT2D eigenvalue weighted by Gasteiger charge is 2.17. The molecule has 1 amide bonds. The van der Waals surface area contributed by atoms with E-state index in [1.165, 1.54) is 6.42 Å². The number of rotatable bonds is 8. The molecule has 0 aliphatic rings. The normalized spacial score (nSPS) is 11.9. The molecule has 0 radical (unpaired) electrons. The van der Waals surface area contributed by atoms with Crippen LogP contribution >= 0.6 is 0 Å². The van der Waals surface area contributed by atoms with E-state index in [0.29, 0.717) is 6.61 Å². The molecule has 0 heterocycles. The molecule has 16 heavy (non-hydrogen) atoms. The number of nitrogens with one attached hydrogen (secondary N) is 1.